The van der Waals surface area contributed by atoms with Crippen molar-refractivity contribution in [3.8, 4) is 0 Å². The van der Waals surface area contributed by atoms with Gasteiger partial charge in [0.25, 0.3) is 0 Å². The molecule has 1 aromatic heterocycles. The number of anilines is 1. The van der Waals surface area contributed by atoms with Crippen molar-refractivity contribution in [1.82, 2.24) is 14.9 Å². The van der Waals surface area contributed by atoms with Crippen LogP contribution in [0.4, 0.5) is 23.8 Å². The van der Waals surface area contributed by atoms with Crippen LogP contribution in [-0.2, 0) is 10.9 Å². The van der Waals surface area contributed by atoms with Crippen LogP contribution in [0.25, 0.3) is 0 Å². The molecule has 2 fully saturated rings. The Labute approximate surface area is 150 Å². The van der Waals surface area contributed by atoms with E-state index in [-0.39, 0.29) is 23.0 Å². The van der Waals surface area contributed by atoms with Crippen LogP contribution in [0.2, 0.25) is 0 Å². The van der Waals surface area contributed by atoms with Crippen LogP contribution >= 0.6 is 0 Å². The Morgan fingerprint density at radius 2 is 1.85 bits per heavy atom. The van der Waals surface area contributed by atoms with Crippen molar-refractivity contribution < 1.29 is 22.7 Å². The highest BCUT2D eigenvalue weighted by atomic mass is 19.4. The molecule has 0 radical (unpaired) electrons. The molecule has 2 saturated heterocycles. The molecule has 1 aromatic rings. The number of hydrogen-bond acceptors (Lipinski definition) is 5. The van der Waals surface area contributed by atoms with E-state index in [1.54, 1.807) is 11.0 Å². The normalized spacial score (nSPS) is 19.7. The van der Waals surface area contributed by atoms with Gasteiger partial charge in [0.15, 0.2) is 0 Å². The van der Waals surface area contributed by atoms with Crippen LogP contribution in [-0.4, -0.2) is 52.7 Å². The van der Waals surface area contributed by atoms with Gasteiger partial charge in [0.1, 0.15) is 11.4 Å². The Morgan fingerprint density at radius 1 is 1.19 bits per heavy atom. The number of likely N-dealkylation sites (tertiary alicyclic amines) is 1. The number of nitrogens with zero attached hydrogens (tertiary/aromatic N) is 4. The molecule has 0 N–H and O–H groups in total. The van der Waals surface area contributed by atoms with E-state index in [4.69, 9.17) is 4.74 Å². The zero-order chi connectivity index (χ0) is 19.3. The Kier molecular flexibility index (Phi) is 4.31. The second kappa shape index (κ2) is 5.99. The summed E-state index contributed by atoms with van der Waals surface area (Å²) in [5.74, 6) is -0.832. The van der Waals surface area contributed by atoms with Crippen molar-refractivity contribution in [2.75, 3.05) is 31.1 Å². The SMILES string of the molecule is Cc1cc(N2CC3(CCN(C(=O)OC(C)(C)C)C3)C2)nc(C(F)(F)F)n1. The minimum absolute atomic E-state index is 0.103. The van der Waals surface area contributed by atoms with Crippen molar-refractivity contribution in [2.24, 2.45) is 5.41 Å². The number of halogens is 3. The minimum atomic E-state index is -4.57. The summed E-state index contributed by atoms with van der Waals surface area (Å²) in [4.78, 5) is 22.8. The standard InChI is InChI=1S/C17H23F3N4O2/c1-11-7-12(22-13(21-11)17(18,19)20)24-9-16(10-24)5-6-23(8-16)14(25)26-15(2,3)4/h7H,5-6,8-10H2,1-4H3. The average molecular weight is 372 g/mol. The number of alkyl halides is 3. The van der Waals surface area contributed by atoms with Crippen LogP contribution in [0.5, 0.6) is 0 Å². The number of hydrogen-bond donors (Lipinski definition) is 0. The van der Waals surface area contributed by atoms with Gasteiger partial charge in [-0.2, -0.15) is 13.2 Å². The molecule has 0 atom stereocenters. The average Bonchev–Trinajstić information content (AvgIpc) is 2.87. The predicted molar refractivity (Wildman–Crippen MR) is 88.8 cm³/mol. The maximum atomic E-state index is 12.9. The molecule has 0 saturated carbocycles. The van der Waals surface area contributed by atoms with Gasteiger partial charge in [0.2, 0.25) is 5.82 Å². The highest BCUT2D eigenvalue weighted by Gasteiger charge is 2.50. The maximum absolute atomic E-state index is 12.9. The lowest BCUT2D eigenvalue weighted by Gasteiger charge is -2.48. The lowest BCUT2D eigenvalue weighted by atomic mass is 9.79. The summed E-state index contributed by atoms with van der Waals surface area (Å²) >= 11 is 0. The highest BCUT2D eigenvalue weighted by Crippen LogP contribution is 2.42. The second-order valence-electron chi connectivity index (χ2n) is 8.20. The van der Waals surface area contributed by atoms with Gasteiger partial charge in [-0.25, -0.2) is 14.8 Å². The highest BCUT2D eigenvalue weighted by molar-refractivity contribution is 5.69. The Bertz CT molecular complexity index is 709. The quantitative estimate of drug-likeness (QED) is 0.757. The third-order valence-corrected chi connectivity index (χ3v) is 4.56. The maximum Gasteiger partial charge on any atom is 0.451 e. The van der Waals surface area contributed by atoms with Gasteiger partial charge in [-0.3, -0.25) is 0 Å². The van der Waals surface area contributed by atoms with Crippen LogP contribution in [0.1, 0.15) is 38.7 Å². The van der Waals surface area contributed by atoms with Crippen LogP contribution in [0.3, 0.4) is 0 Å². The minimum Gasteiger partial charge on any atom is -0.444 e. The summed E-state index contributed by atoms with van der Waals surface area (Å²) in [6.45, 7) is 9.26. The van der Waals surface area contributed by atoms with E-state index in [0.717, 1.165) is 6.42 Å². The lowest BCUT2D eigenvalue weighted by molar-refractivity contribution is -0.145. The molecular formula is C17H23F3N4O2. The van der Waals surface area contributed by atoms with E-state index < -0.39 is 17.6 Å². The fourth-order valence-electron chi connectivity index (χ4n) is 3.44. The fourth-order valence-corrected chi connectivity index (χ4v) is 3.44. The molecule has 144 valence electrons. The van der Waals surface area contributed by atoms with Crippen molar-refractivity contribution in [1.29, 1.82) is 0 Å². The molecule has 1 amide bonds. The number of aromatic nitrogens is 2. The molecule has 2 aliphatic rings. The Balaban J connectivity index is 1.64. The molecule has 0 unspecified atom stereocenters. The number of carbonyl (C=O) groups excluding carboxylic acids is 1. The molecule has 0 bridgehead atoms. The van der Waals surface area contributed by atoms with Gasteiger partial charge >= 0.3 is 12.3 Å². The number of rotatable bonds is 1. The number of aryl methyl sites for hydroxylation is 1. The largest absolute Gasteiger partial charge is 0.451 e. The predicted octanol–water partition coefficient (Wildman–Crippen LogP) is 3.25. The monoisotopic (exact) mass is 372 g/mol. The lowest BCUT2D eigenvalue weighted by Crippen LogP contribution is -2.58. The second-order valence-corrected chi connectivity index (χ2v) is 8.20. The van der Waals surface area contributed by atoms with E-state index >= 15 is 0 Å². The topological polar surface area (TPSA) is 58.6 Å². The molecule has 0 aliphatic carbocycles. The fraction of sp³-hybridized carbons (Fsp3) is 0.706. The molecule has 0 aromatic carbocycles. The van der Waals surface area contributed by atoms with Crippen molar-refractivity contribution >= 4 is 11.9 Å². The number of amides is 1. The van der Waals surface area contributed by atoms with Gasteiger partial charge in [0, 0.05) is 43.4 Å². The summed E-state index contributed by atoms with van der Waals surface area (Å²) in [6, 6.07) is 1.56. The summed E-state index contributed by atoms with van der Waals surface area (Å²) in [5, 5.41) is 0. The van der Waals surface area contributed by atoms with E-state index in [0.29, 0.717) is 26.2 Å². The zero-order valence-corrected chi connectivity index (χ0v) is 15.4. The summed E-state index contributed by atoms with van der Waals surface area (Å²) in [7, 11) is 0. The molecule has 1 spiro atoms. The van der Waals surface area contributed by atoms with E-state index in [2.05, 4.69) is 9.97 Å². The summed E-state index contributed by atoms with van der Waals surface area (Å²) < 4.78 is 44.1. The Hall–Kier alpha value is -2.06. The number of carbonyl (C=O) groups is 1. The smallest absolute Gasteiger partial charge is 0.444 e. The van der Waals surface area contributed by atoms with Gasteiger partial charge < -0.3 is 14.5 Å². The molecule has 2 aliphatic heterocycles. The third-order valence-electron chi connectivity index (χ3n) is 4.56. The van der Waals surface area contributed by atoms with Gasteiger partial charge in [-0.05, 0) is 34.1 Å². The first-order valence-corrected chi connectivity index (χ1v) is 8.53. The molecule has 9 heteroatoms. The van der Waals surface area contributed by atoms with Crippen LogP contribution in [0, 0.1) is 12.3 Å². The van der Waals surface area contributed by atoms with Gasteiger partial charge in [-0.1, -0.05) is 0 Å². The summed E-state index contributed by atoms with van der Waals surface area (Å²) in [6.07, 6.45) is -4.10. The molecule has 3 heterocycles. The van der Waals surface area contributed by atoms with Gasteiger partial charge in [0.05, 0.1) is 0 Å². The zero-order valence-electron chi connectivity index (χ0n) is 15.4. The first-order chi connectivity index (χ1) is 11.9. The molecule has 6 nitrogen and oxygen atoms in total. The van der Waals surface area contributed by atoms with Crippen molar-refractivity contribution in [3.05, 3.63) is 17.6 Å². The van der Waals surface area contributed by atoms with E-state index in [1.807, 2.05) is 25.7 Å². The van der Waals surface area contributed by atoms with Crippen LogP contribution < -0.4 is 4.90 Å². The molecule has 3 rings (SSSR count). The third kappa shape index (κ3) is 3.86. The van der Waals surface area contributed by atoms with Gasteiger partial charge in [-0.15, -0.1) is 0 Å². The van der Waals surface area contributed by atoms with Crippen molar-refractivity contribution in [3.63, 3.8) is 0 Å². The van der Waals surface area contributed by atoms with E-state index in [9.17, 15) is 18.0 Å². The summed E-state index contributed by atoms with van der Waals surface area (Å²) in [5.41, 5.74) is -0.371. The molecule has 26 heavy (non-hydrogen) atoms. The van der Waals surface area contributed by atoms with Crippen LogP contribution in [0.15, 0.2) is 6.07 Å². The first kappa shape index (κ1) is 18.7. The Morgan fingerprint density at radius 3 is 2.42 bits per heavy atom. The van der Waals surface area contributed by atoms with Crippen molar-refractivity contribution in [2.45, 2.75) is 45.9 Å². The first-order valence-electron chi connectivity index (χ1n) is 8.53. The molecular weight excluding hydrogens is 349 g/mol. The van der Waals surface area contributed by atoms with E-state index in [1.165, 1.54) is 6.92 Å². The number of ether oxygens (including phenoxy) is 1.